The van der Waals surface area contributed by atoms with Crippen LogP contribution in [0.3, 0.4) is 0 Å². The maximum absolute atomic E-state index is 14.1. The van der Waals surface area contributed by atoms with Crippen molar-refractivity contribution in [1.29, 1.82) is 0 Å². The molecule has 1 amide bonds. The van der Waals surface area contributed by atoms with Gasteiger partial charge < -0.3 is 10.0 Å². The van der Waals surface area contributed by atoms with Crippen LogP contribution in [0.15, 0.2) is 24.5 Å². The molecule has 0 unspecified atom stereocenters. The number of aliphatic hydroxyl groups excluding tert-OH is 1. The molecular formula is C18H22F2N4O2. The molecule has 26 heavy (non-hydrogen) atoms. The molecule has 0 saturated carbocycles. The first-order chi connectivity index (χ1) is 12.2. The van der Waals surface area contributed by atoms with Crippen LogP contribution in [0, 0.1) is 12.8 Å². The minimum absolute atomic E-state index is 0.0622. The number of likely N-dealkylation sites (tertiary alicyclic amines) is 1. The number of aliphatic hydroxyl groups is 1. The summed E-state index contributed by atoms with van der Waals surface area (Å²) in [5.74, 6) is -4.12. The number of carbonyl (C=O) groups is 1. The van der Waals surface area contributed by atoms with E-state index < -0.39 is 30.3 Å². The van der Waals surface area contributed by atoms with Crippen molar-refractivity contribution in [1.82, 2.24) is 19.7 Å². The number of piperidine rings is 1. The van der Waals surface area contributed by atoms with E-state index in [4.69, 9.17) is 0 Å². The van der Waals surface area contributed by atoms with E-state index in [1.807, 2.05) is 13.0 Å². The predicted molar refractivity (Wildman–Crippen MR) is 91.8 cm³/mol. The van der Waals surface area contributed by atoms with E-state index in [0.717, 1.165) is 10.5 Å². The summed E-state index contributed by atoms with van der Waals surface area (Å²) in [5, 5.41) is 13.8. The number of hydrogen-bond acceptors (Lipinski definition) is 4. The third-order valence-electron chi connectivity index (χ3n) is 4.75. The highest BCUT2D eigenvalue weighted by Gasteiger charge is 2.46. The van der Waals surface area contributed by atoms with Crippen LogP contribution in [0.1, 0.15) is 29.4 Å². The summed E-state index contributed by atoms with van der Waals surface area (Å²) in [5.41, 5.74) is 2.06. The van der Waals surface area contributed by atoms with Gasteiger partial charge in [-0.2, -0.15) is 5.10 Å². The van der Waals surface area contributed by atoms with Crippen LogP contribution in [0.2, 0.25) is 0 Å². The highest BCUT2D eigenvalue weighted by molar-refractivity contribution is 5.98. The Morgan fingerprint density at radius 2 is 2.15 bits per heavy atom. The molecule has 0 spiro atoms. The normalized spacial score (nSPS) is 22.5. The summed E-state index contributed by atoms with van der Waals surface area (Å²) in [6.45, 7) is 2.43. The van der Waals surface area contributed by atoms with Crippen LogP contribution in [0.25, 0.3) is 11.3 Å². The smallest absolute Gasteiger partial charge is 0.275 e. The van der Waals surface area contributed by atoms with E-state index in [1.54, 1.807) is 32.4 Å². The number of aromatic nitrogens is 3. The summed E-state index contributed by atoms with van der Waals surface area (Å²) in [6, 6.07) is 2.96. The summed E-state index contributed by atoms with van der Waals surface area (Å²) in [7, 11) is 1.66. The van der Waals surface area contributed by atoms with Gasteiger partial charge in [0, 0.05) is 25.9 Å². The summed E-state index contributed by atoms with van der Waals surface area (Å²) in [6.07, 6.45) is 2.96. The quantitative estimate of drug-likeness (QED) is 0.907. The van der Waals surface area contributed by atoms with Gasteiger partial charge in [-0.05, 0) is 24.5 Å². The molecule has 6 nitrogen and oxygen atoms in total. The van der Waals surface area contributed by atoms with Gasteiger partial charge in [0.25, 0.3) is 11.8 Å². The second-order valence-electron chi connectivity index (χ2n) is 7.01. The lowest BCUT2D eigenvalue weighted by atomic mass is 9.88. The number of alkyl halides is 2. The second kappa shape index (κ2) is 6.75. The van der Waals surface area contributed by atoms with Gasteiger partial charge in [0.15, 0.2) is 5.69 Å². The van der Waals surface area contributed by atoms with E-state index in [9.17, 15) is 18.7 Å². The standard InChI is InChI=1S/C18H22F2N4O2/c1-11-4-5-14(21-7-11)13-8-23(3)22-16(13)17(26)24-10-18(19,20)6-12(2)15(24)9-25/h4-5,7-8,12,15,25H,6,9-10H2,1-3H3/t12-,15-/m1/s1. The van der Waals surface area contributed by atoms with Crippen LogP contribution in [-0.2, 0) is 7.05 Å². The maximum Gasteiger partial charge on any atom is 0.275 e. The van der Waals surface area contributed by atoms with Crippen molar-refractivity contribution in [3.8, 4) is 11.3 Å². The topological polar surface area (TPSA) is 71.2 Å². The Morgan fingerprint density at radius 3 is 2.77 bits per heavy atom. The molecule has 1 aliphatic rings. The molecule has 140 valence electrons. The van der Waals surface area contributed by atoms with Gasteiger partial charge >= 0.3 is 0 Å². The Kier molecular flexibility index (Phi) is 4.79. The molecule has 0 aliphatic carbocycles. The minimum atomic E-state index is -2.99. The fraction of sp³-hybridized carbons (Fsp3) is 0.500. The average Bonchev–Trinajstić information content (AvgIpc) is 2.95. The van der Waals surface area contributed by atoms with Crippen molar-refractivity contribution < 1.29 is 18.7 Å². The monoisotopic (exact) mass is 364 g/mol. The number of halogens is 2. The fourth-order valence-electron chi connectivity index (χ4n) is 3.44. The number of hydrogen-bond donors (Lipinski definition) is 1. The molecule has 2 atom stereocenters. The summed E-state index contributed by atoms with van der Waals surface area (Å²) < 4.78 is 29.6. The molecule has 1 fully saturated rings. The molecule has 0 aromatic carbocycles. The third-order valence-corrected chi connectivity index (χ3v) is 4.75. The van der Waals surface area contributed by atoms with Crippen molar-refractivity contribution >= 4 is 5.91 Å². The number of aryl methyl sites for hydroxylation is 2. The molecule has 0 radical (unpaired) electrons. The zero-order chi connectivity index (χ0) is 19.1. The number of rotatable bonds is 3. The first kappa shape index (κ1) is 18.4. The van der Waals surface area contributed by atoms with Crippen LogP contribution in [-0.4, -0.2) is 55.8 Å². The van der Waals surface area contributed by atoms with E-state index in [-0.39, 0.29) is 18.7 Å². The van der Waals surface area contributed by atoms with E-state index in [1.165, 1.54) is 4.68 Å². The lowest BCUT2D eigenvalue weighted by Gasteiger charge is -2.42. The fourth-order valence-corrected chi connectivity index (χ4v) is 3.44. The highest BCUT2D eigenvalue weighted by Crippen LogP contribution is 2.35. The van der Waals surface area contributed by atoms with Crippen molar-refractivity contribution in [2.45, 2.75) is 32.2 Å². The van der Waals surface area contributed by atoms with E-state index in [0.29, 0.717) is 11.3 Å². The van der Waals surface area contributed by atoms with Gasteiger partial charge in [0.2, 0.25) is 0 Å². The van der Waals surface area contributed by atoms with Gasteiger partial charge in [0.05, 0.1) is 30.5 Å². The molecule has 3 rings (SSSR count). The lowest BCUT2D eigenvalue weighted by Crippen LogP contribution is -2.56. The van der Waals surface area contributed by atoms with E-state index >= 15 is 0 Å². The Bertz CT molecular complexity index is 804. The number of amides is 1. The highest BCUT2D eigenvalue weighted by atomic mass is 19.3. The first-order valence-corrected chi connectivity index (χ1v) is 8.48. The van der Waals surface area contributed by atoms with Crippen LogP contribution in [0.5, 0.6) is 0 Å². The maximum atomic E-state index is 14.1. The molecule has 2 aromatic heterocycles. The third kappa shape index (κ3) is 3.46. The summed E-state index contributed by atoms with van der Waals surface area (Å²) in [4.78, 5) is 18.4. The van der Waals surface area contributed by atoms with Gasteiger partial charge in [-0.3, -0.25) is 14.5 Å². The van der Waals surface area contributed by atoms with Gasteiger partial charge in [-0.1, -0.05) is 13.0 Å². The Morgan fingerprint density at radius 1 is 1.42 bits per heavy atom. The van der Waals surface area contributed by atoms with Crippen molar-refractivity contribution in [3.05, 3.63) is 35.8 Å². The van der Waals surface area contributed by atoms with Gasteiger partial charge in [0.1, 0.15) is 0 Å². The molecule has 8 heteroatoms. The zero-order valence-corrected chi connectivity index (χ0v) is 15.0. The molecule has 0 bridgehead atoms. The van der Waals surface area contributed by atoms with Crippen molar-refractivity contribution in [3.63, 3.8) is 0 Å². The Hall–Kier alpha value is -2.35. The molecule has 1 N–H and O–H groups in total. The van der Waals surface area contributed by atoms with E-state index in [2.05, 4.69) is 10.1 Å². The summed E-state index contributed by atoms with van der Waals surface area (Å²) >= 11 is 0. The number of pyridine rings is 1. The molecule has 1 saturated heterocycles. The molecule has 1 aliphatic heterocycles. The predicted octanol–water partition coefficient (Wildman–Crippen LogP) is 2.27. The molecule has 3 heterocycles. The van der Waals surface area contributed by atoms with Gasteiger partial charge in [-0.25, -0.2) is 8.78 Å². The minimum Gasteiger partial charge on any atom is -0.394 e. The number of carbonyl (C=O) groups excluding carboxylic acids is 1. The molecular weight excluding hydrogens is 342 g/mol. The SMILES string of the molecule is Cc1ccc(-c2cn(C)nc2C(=O)N2CC(F)(F)C[C@@H](C)[C@H]2CO)nc1. The van der Waals surface area contributed by atoms with Crippen LogP contribution in [0.4, 0.5) is 8.78 Å². The van der Waals surface area contributed by atoms with Crippen molar-refractivity contribution in [2.24, 2.45) is 13.0 Å². The van der Waals surface area contributed by atoms with Crippen LogP contribution >= 0.6 is 0 Å². The zero-order valence-electron chi connectivity index (χ0n) is 15.0. The van der Waals surface area contributed by atoms with Crippen LogP contribution < -0.4 is 0 Å². The Balaban J connectivity index is 2.00. The average molecular weight is 364 g/mol. The molecule has 2 aromatic rings. The lowest BCUT2D eigenvalue weighted by molar-refractivity contribution is -0.0992. The Labute approximate surface area is 150 Å². The van der Waals surface area contributed by atoms with Gasteiger partial charge in [-0.15, -0.1) is 0 Å². The van der Waals surface area contributed by atoms with Crippen molar-refractivity contribution in [2.75, 3.05) is 13.2 Å². The number of nitrogens with zero attached hydrogens (tertiary/aromatic N) is 4. The second-order valence-corrected chi connectivity index (χ2v) is 7.01. The largest absolute Gasteiger partial charge is 0.394 e. The first-order valence-electron chi connectivity index (χ1n) is 8.48.